The number of hydrogen-bond acceptors (Lipinski definition) is 4. The molecule has 1 aromatic rings. The molecule has 0 saturated heterocycles. The van der Waals surface area contributed by atoms with Crippen molar-refractivity contribution in [1.82, 2.24) is 0 Å². The van der Waals surface area contributed by atoms with Crippen LogP contribution in [-0.2, 0) is 20.3 Å². The Hall–Kier alpha value is -1.13. The summed E-state index contributed by atoms with van der Waals surface area (Å²) in [7, 11) is -3.86. The molecular weight excluding hydrogens is 466 g/mol. The minimum absolute atomic E-state index is 0.0589. The van der Waals surface area contributed by atoms with E-state index in [1.807, 2.05) is 13.8 Å². The molecule has 1 fully saturated rings. The number of nitrogens with zero attached hydrogens (tertiary/aromatic N) is 1. The lowest BCUT2D eigenvalue weighted by atomic mass is 9.73. The number of rotatable bonds is 6. The molecule has 2 aliphatic rings. The molecule has 3 rings (SSSR count). The zero-order valence-electron chi connectivity index (χ0n) is 17.8. The Balaban J connectivity index is 1.93. The van der Waals surface area contributed by atoms with Crippen molar-refractivity contribution < 1.29 is 22.9 Å². The first-order valence-electron chi connectivity index (χ1n) is 10.1. The maximum atomic E-state index is 14.8. The van der Waals surface area contributed by atoms with Crippen LogP contribution in [0.4, 0.5) is 8.78 Å². The zero-order valence-corrected chi connectivity index (χ0v) is 20.2. The van der Waals surface area contributed by atoms with Gasteiger partial charge in [-0.2, -0.15) is 0 Å². The second kappa shape index (κ2) is 8.67. The van der Waals surface area contributed by atoms with E-state index in [4.69, 9.17) is 16.7 Å². The molecule has 0 bridgehead atoms. The lowest BCUT2D eigenvalue weighted by molar-refractivity contribution is -0.118. The van der Waals surface area contributed by atoms with Gasteiger partial charge in [-0.05, 0) is 62.0 Å². The smallest absolute Gasteiger partial charge is 0.255 e. The van der Waals surface area contributed by atoms with Gasteiger partial charge < -0.3 is 5.11 Å². The lowest BCUT2D eigenvalue weighted by Gasteiger charge is -2.32. The van der Waals surface area contributed by atoms with E-state index in [1.165, 1.54) is 13.8 Å². The molecule has 31 heavy (non-hydrogen) atoms. The van der Waals surface area contributed by atoms with Crippen LogP contribution >= 0.6 is 22.9 Å². The highest BCUT2D eigenvalue weighted by atomic mass is 35.5. The van der Waals surface area contributed by atoms with E-state index >= 15 is 0 Å². The molecule has 3 N–H and O–H groups in total. The number of hydrogen-bond donors (Lipinski definition) is 2. The Kier molecular flexibility index (Phi) is 6.85. The van der Waals surface area contributed by atoms with Crippen molar-refractivity contribution in [3.8, 4) is 0 Å². The van der Waals surface area contributed by atoms with Crippen LogP contribution in [-0.4, -0.2) is 15.2 Å². The molecule has 0 aromatic carbocycles. The Morgan fingerprint density at radius 3 is 2.52 bits per heavy atom. The van der Waals surface area contributed by atoms with Crippen molar-refractivity contribution in [2.75, 3.05) is 0 Å². The number of carbonyl (C=O) groups excluding carboxylic acids is 1. The largest absolute Gasteiger partial charge is 0.385 e. The third-order valence-corrected chi connectivity index (χ3v) is 9.29. The van der Waals surface area contributed by atoms with Gasteiger partial charge in [0.25, 0.3) is 5.91 Å². The molecule has 1 saturated carbocycles. The van der Waals surface area contributed by atoms with Gasteiger partial charge in [0.15, 0.2) is 19.9 Å². The highest BCUT2D eigenvalue weighted by Gasteiger charge is 2.42. The van der Waals surface area contributed by atoms with Gasteiger partial charge in [0, 0.05) is 11.3 Å². The first kappa shape index (κ1) is 24.5. The average Bonchev–Trinajstić information content (AvgIpc) is 3.36. The van der Waals surface area contributed by atoms with E-state index in [1.54, 1.807) is 6.08 Å². The standard InChI is InChI=1S/C21H27ClF2N2O3S2/c1-10(2)18-13(12(11-5-6-11)7-14(22)19(18)24)8-17(27)26-31(25,29)20-15(23)9-16(30-20)21(3,4)28/h7,9-13,28H,5-6,8H2,1-4H3,(H2,25,26,27,29)/t12?,13?,31-/m0/s1. The molecule has 2 unspecified atom stereocenters. The maximum absolute atomic E-state index is 14.8. The number of halogens is 3. The molecule has 0 radical (unpaired) electrons. The number of aliphatic hydroxyl groups is 1. The van der Waals surface area contributed by atoms with Crippen molar-refractivity contribution in [3.05, 3.63) is 39.3 Å². The van der Waals surface area contributed by atoms with Crippen LogP contribution in [0.3, 0.4) is 0 Å². The van der Waals surface area contributed by atoms with Crippen molar-refractivity contribution in [3.63, 3.8) is 0 Å². The molecule has 10 heteroatoms. The van der Waals surface area contributed by atoms with Crippen LogP contribution in [0.15, 0.2) is 37.1 Å². The van der Waals surface area contributed by atoms with Crippen molar-refractivity contribution in [1.29, 1.82) is 0 Å². The molecule has 3 atom stereocenters. The third kappa shape index (κ3) is 5.27. The predicted molar refractivity (Wildman–Crippen MR) is 119 cm³/mol. The summed E-state index contributed by atoms with van der Waals surface area (Å²) < 4.78 is 45.3. The van der Waals surface area contributed by atoms with Crippen LogP contribution in [0.25, 0.3) is 0 Å². The van der Waals surface area contributed by atoms with Gasteiger partial charge in [0.2, 0.25) is 0 Å². The Labute approximate surface area is 190 Å². The summed E-state index contributed by atoms with van der Waals surface area (Å²) in [6, 6.07) is 1.04. The first-order valence-corrected chi connectivity index (χ1v) is 12.9. The van der Waals surface area contributed by atoms with Crippen LogP contribution in [0, 0.1) is 29.5 Å². The molecular formula is C21H27ClF2N2O3S2. The normalized spacial score (nSPS) is 24.3. The highest BCUT2D eigenvalue weighted by molar-refractivity contribution is 7.93. The molecule has 0 spiro atoms. The van der Waals surface area contributed by atoms with Gasteiger partial charge >= 0.3 is 0 Å². The highest BCUT2D eigenvalue weighted by Crippen LogP contribution is 2.51. The van der Waals surface area contributed by atoms with E-state index in [9.17, 15) is 22.9 Å². The second-order valence-electron chi connectivity index (χ2n) is 9.02. The molecule has 2 aliphatic carbocycles. The molecule has 1 amide bonds. The van der Waals surface area contributed by atoms with E-state index < -0.39 is 43.2 Å². The number of allylic oxidation sites excluding steroid dienone is 4. The Bertz CT molecular complexity index is 1070. The van der Waals surface area contributed by atoms with E-state index in [0.29, 0.717) is 22.8 Å². The summed E-state index contributed by atoms with van der Waals surface area (Å²) in [6.45, 7) is 6.57. The molecule has 5 nitrogen and oxygen atoms in total. The minimum Gasteiger partial charge on any atom is -0.385 e. The Morgan fingerprint density at radius 2 is 2.03 bits per heavy atom. The fourth-order valence-electron chi connectivity index (χ4n) is 4.01. The Morgan fingerprint density at radius 1 is 1.42 bits per heavy atom. The molecule has 1 heterocycles. The van der Waals surface area contributed by atoms with Gasteiger partial charge in [0.1, 0.15) is 5.83 Å². The van der Waals surface area contributed by atoms with Crippen LogP contribution < -0.4 is 5.14 Å². The zero-order chi connectivity index (χ0) is 23.3. The van der Waals surface area contributed by atoms with Crippen molar-refractivity contribution in [2.24, 2.45) is 33.2 Å². The van der Waals surface area contributed by atoms with E-state index in [0.717, 1.165) is 18.9 Å². The fraction of sp³-hybridized carbons (Fsp3) is 0.571. The fourth-order valence-corrected chi connectivity index (χ4v) is 6.69. The van der Waals surface area contributed by atoms with Gasteiger partial charge in [-0.15, -0.1) is 15.7 Å². The minimum atomic E-state index is -3.86. The SMILES string of the molecule is CC(C)C1=C(F)C(Cl)=CC(C2CC2)C1CC(=O)N=[S@](N)(=O)c1sc(C(C)(C)O)cc1F. The number of nitrogens with two attached hydrogens (primary N) is 1. The summed E-state index contributed by atoms with van der Waals surface area (Å²) in [5, 5.41) is 15.9. The van der Waals surface area contributed by atoms with Crippen LogP contribution in [0.5, 0.6) is 0 Å². The van der Waals surface area contributed by atoms with Crippen LogP contribution in [0.2, 0.25) is 0 Å². The monoisotopic (exact) mass is 492 g/mol. The van der Waals surface area contributed by atoms with E-state index in [-0.39, 0.29) is 28.2 Å². The predicted octanol–water partition coefficient (Wildman–Crippen LogP) is 5.39. The summed E-state index contributed by atoms with van der Waals surface area (Å²) in [5.74, 6) is -2.66. The topological polar surface area (TPSA) is 92.8 Å². The summed E-state index contributed by atoms with van der Waals surface area (Å²) in [6.07, 6.45) is 3.40. The number of thiophene rings is 1. The summed E-state index contributed by atoms with van der Waals surface area (Å²) in [4.78, 5) is 13.0. The first-order chi connectivity index (χ1) is 14.2. The summed E-state index contributed by atoms with van der Waals surface area (Å²) >= 11 is 6.83. The van der Waals surface area contributed by atoms with Crippen molar-refractivity contribution in [2.45, 2.75) is 56.8 Å². The van der Waals surface area contributed by atoms with Gasteiger partial charge in [0.05, 0.1) is 10.6 Å². The van der Waals surface area contributed by atoms with Crippen molar-refractivity contribution >= 4 is 38.8 Å². The third-order valence-electron chi connectivity index (χ3n) is 5.61. The van der Waals surface area contributed by atoms with Gasteiger partial charge in [-0.3, -0.25) is 4.79 Å². The second-order valence-corrected chi connectivity index (χ2v) is 12.5. The lowest BCUT2D eigenvalue weighted by Crippen LogP contribution is -2.27. The number of carbonyl (C=O) groups is 1. The van der Waals surface area contributed by atoms with Gasteiger partial charge in [-0.1, -0.05) is 31.5 Å². The molecule has 172 valence electrons. The average molecular weight is 493 g/mol. The maximum Gasteiger partial charge on any atom is 0.255 e. The summed E-state index contributed by atoms with van der Waals surface area (Å²) in [5.41, 5.74) is -0.911. The quantitative estimate of drug-likeness (QED) is 0.557. The molecule has 0 aliphatic heterocycles. The number of amides is 1. The van der Waals surface area contributed by atoms with Crippen LogP contribution in [0.1, 0.15) is 51.8 Å². The van der Waals surface area contributed by atoms with E-state index in [2.05, 4.69) is 4.36 Å². The van der Waals surface area contributed by atoms with Gasteiger partial charge in [-0.25, -0.2) is 18.1 Å². The molecule has 1 aromatic heterocycles.